The number of para-hydroxylation sites is 1. The molecule has 0 bridgehead atoms. The predicted octanol–water partition coefficient (Wildman–Crippen LogP) is 1.12. The fourth-order valence-electron chi connectivity index (χ4n) is 3.59. The number of halogens is 1. The number of nitrogens with zero attached hydrogens (tertiary/aromatic N) is 1. The highest BCUT2D eigenvalue weighted by Crippen LogP contribution is 2.35. The lowest BCUT2D eigenvalue weighted by Crippen LogP contribution is -2.37. The summed E-state index contributed by atoms with van der Waals surface area (Å²) in [6.07, 6.45) is -0.580. The summed E-state index contributed by atoms with van der Waals surface area (Å²) in [5.74, 6) is 1.43. The third-order valence-electron chi connectivity index (χ3n) is 4.84. The molecule has 2 fully saturated rings. The van der Waals surface area contributed by atoms with Gasteiger partial charge >= 0.3 is 0 Å². The quantitative estimate of drug-likeness (QED) is 0.805. The van der Waals surface area contributed by atoms with Crippen LogP contribution in [0.25, 0.3) is 0 Å². The second kappa shape index (κ2) is 6.02. The van der Waals surface area contributed by atoms with Crippen LogP contribution in [-0.4, -0.2) is 49.0 Å². The standard InChI is InChI=1S/C16H19N3O3.ClH/c1-9-15(20)18-13-4-2-3-12(14(13)22-9)16(21)19-7-10-5-17-6-11(10)8-19;/h2-4,9-11,17H,5-8H2,1H3,(H,18,20);1H/t9?,10-,11+;. The van der Waals surface area contributed by atoms with E-state index in [1.165, 1.54) is 0 Å². The second-order valence-corrected chi connectivity index (χ2v) is 6.32. The van der Waals surface area contributed by atoms with E-state index in [1.54, 1.807) is 25.1 Å². The van der Waals surface area contributed by atoms with Gasteiger partial charge in [-0.25, -0.2) is 0 Å². The van der Waals surface area contributed by atoms with Gasteiger partial charge in [0.2, 0.25) is 0 Å². The van der Waals surface area contributed by atoms with Gasteiger partial charge in [-0.1, -0.05) is 6.07 Å². The molecule has 7 heteroatoms. The zero-order chi connectivity index (χ0) is 15.3. The zero-order valence-electron chi connectivity index (χ0n) is 12.9. The van der Waals surface area contributed by atoms with Crippen molar-refractivity contribution in [2.75, 3.05) is 31.5 Å². The number of rotatable bonds is 1. The molecule has 6 nitrogen and oxygen atoms in total. The van der Waals surface area contributed by atoms with Crippen molar-refractivity contribution in [1.82, 2.24) is 10.2 Å². The highest BCUT2D eigenvalue weighted by atomic mass is 35.5. The topological polar surface area (TPSA) is 70.7 Å². The minimum absolute atomic E-state index is 0. The van der Waals surface area contributed by atoms with Crippen molar-refractivity contribution in [3.8, 4) is 5.75 Å². The third kappa shape index (κ3) is 2.66. The zero-order valence-corrected chi connectivity index (χ0v) is 13.7. The van der Waals surface area contributed by atoms with Gasteiger partial charge in [0, 0.05) is 26.2 Å². The summed E-state index contributed by atoms with van der Waals surface area (Å²) in [5, 5.41) is 6.16. The molecule has 3 aliphatic rings. The van der Waals surface area contributed by atoms with Crippen LogP contribution < -0.4 is 15.4 Å². The number of anilines is 1. The Kier molecular flexibility index (Phi) is 4.21. The number of amides is 2. The molecule has 3 heterocycles. The van der Waals surface area contributed by atoms with E-state index in [0.29, 0.717) is 28.8 Å². The van der Waals surface area contributed by atoms with Gasteiger partial charge in [0.05, 0.1) is 11.3 Å². The number of carbonyl (C=O) groups excluding carboxylic acids is 2. The molecule has 124 valence electrons. The Morgan fingerprint density at radius 2 is 1.96 bits per heavy atom. The summed E-state index contributed by atoms with van der Waals surface area (Å²) in [5.41, 5.74) is 1.12. The van der Waals surface area contributed by atoms with Crippen molar-refractivity contribution >= 4 is 29.9 Å². The van der Waals surface area contributed by atoms with E-state index in [4.69, 9.17) is 4.74 Å². The first-order chi connectivity index (χ1) is 10.6. The average molecular weight is 338 g/mol. The Hall–Kier alpha value is -1.79. The number of benzene rings is 1. The Labute approximate surface area is 141 Å². The lowest BCUT2D eigenvalue weighted by molar-refractivity contribution is -0.122. The van der Waals surface area contributed by atoms with Crippen LogP contribution in [0, 0.1) is 11.8 Å². The van der Waals surface area contributed by atoms with Gasteiger partial charge in [-0.15, -0.1) is 12.4 Å². The van der Waals surface area contributed by atoms with Crippen molar-refractivity contribution in [3.63, 3.8) is 0 Å². The van der Waals surface area contributed by atoms with E-state index in [0.717, 1.165) is 26.2 Å². The van der Waals surface area contributed by atoms with Crippen LogP contribution in [-0.2, 0) is 4.79 Å². The minimum Gasteiger partial charge on any atom is -0.478 e. The van der Waals surface area contributed by atoms with Gasteiger partial charge in [-0.2, -0.15) is 0 Å². The summed E-state index contributed by atoms with van der Waals surface area (Å²) in [4.78, 5) is 26.5. The molecule has 3 aliphatic heterocycles. The Morgan fingerprint density at radius 1 is 1.26 bits per heavy atom. The Morgan fingerprint density at radius 3 is 2.65 bits per heavy atom. The van der Waals surface area contributed by atoms with Crippen LogP contribution in [0.3, 0.4) is 0 Å². The van der Waals surface area contributed by atoms with Crippen molar-refractivity contribution in [1.29, 1.82) is 0 Å². The number of hydrogen-bond acceptors (Lipinski definition) is 4. The van der Waals surface area contributed by atoms with Gasteiger partial charge in [-0.05, 0) is 30.9 Å². The SMILES string of the molecule is CC1Oc2c(cccc2C(=O)N2C[C@H]3CNC[C@H]3C2)NC1=O.Cl. The molecule has 1 aromatic rings. The number of fused-ring (bicyclic) bond motifs is 2. The number of hydrogen-bond donors (Lipinski definition) is 2. The average Bonchev–Trinajstić information content (AvgIpc) is 3.08. The van der Waals surface area contributed by atoms with Gasteiger partial charge in [0.1, 0.15) is 0 Å². The summed E-state index contributed by atoms with van der Waals surface area (Å²) in [6, 6.07) is 5.32. The van der Waals surface area contributed by atoms with E-state index < -0.39 is 6.10 Å². The van der Waals surface area contributed by atoms with Crippen LogP contribution in [0.5, 0.6) is 5.75 Å². The van der Waals surface area contributed by atoms with E-state index >= 15 is 0 Å². The Balaban J connectivity index is 0.00000156. The van der Waals surface area contributed by atoms with Crippen LogP contribution >= 0.6 is 12.4 Å². The molecule has 0 radical (unpaired) electrons. The normalized spacial score (nSPS) is 28.3. The Bertz CT molecular complexity index is 639. The van der Waals surface area contributed by atoms with Crippen LogP contribution in [0.1, 0.15) is 17.3 Å². The summed E-state index contributed by atoms with van der Waals surface area (Å²) in [7, 11) is 0. The highest BCUT2D eigenvalue weighted by molar-refractivity contribution is 6.04. The molecule has 2 amide bonds. The number of ether oxygens (including phenoxy) is 1. The van der Waals surface area contributed by atoms with Gasteiger partial charge in [0.25, 0.3) is 11.8 Å². The summed E-state index contributed by atoms with van der Waals surface area (Å²) in [6.45, 7) is 5.26. The van der Waals surface area contributed by atoms with Gasteiger partial charge in [-0.3, -0.25) is 9.59 Å². The molecule has 4 rings (SSSR count). The molecule has 23 heavy (non-hydrogen) atoms. The molecule has 0 saturated carbocycles. The molecule has 0 spiro atoms. The van der Waals surface area contributed by atoms with E-state index in [9.17, 15) is 9.59 Å². The van der Waals surface area contributed by atoms with Crippen LogP contribution in [0.15, 0.2) is 18.2 Å². The lowest BCUT2D eigenvalue weighted by atomic mass is 10.0. The minimum atomic E-state index is -0.580. The number of carbonyl (C=O) groups is 2. The maximum atomic E-state index is 12.9. The number of likely N-dealkylation sites (tertiary alicyclic amines) is 1. The molecular formula is C16H20ClN3O3. The second-order valence-electron chi connectivity index (χ2n) is 6.32. The molecule has 1 unspecified atom stereocenters. The monoisotopic (exact) mass is 337 g/mol. The molecule has 1 aromatic carbocycles. The van der Waals surface area contributed by atoms with Gasteiger partial charge < -0.3 is 20.3 Å². The first-order valence-corrected chi connectivity index (χ1v) is 7.74. The molecule has 0 aliphatic carbocycles. The molecule has 0 aromatic heterocycles. The summed E-state index contributed by atoms with van der Waals surface area (Å²) >= 11 is 0. The maximum absolute atomic E-state index is 12.9. The number of nitrogens with one attached hydrogen (secondary N) is 2. The van der Waals surface area contributed by atoms with Crippen molar-refractivity contribution < 1.29 is 14.3 Å². The first-order valence-electron chi connectivity index (χ1n) is 7.74. The van der Waals surface area contributed by atoms with E-state index in [-0.39, 0.29) is 24.2 Å². The third-order valence-corrected chi connectivity index (χ3v) is 4.84. The maximum Gasteiger partial charge on any atom is 0.265 e. The highest BCUT2D eigenvalue weighted by Gasteiger charge is 2.39. The predicted molar refractivity (Wildman–Crippen MR) is 88.2 cm³/mol. The largest absolute Gasteiger partial charge is 0.478 e. The van der Waals surface area contributed by atoms with Crippen LogP contribution in [0.2, 0.25) is 0 Å². The molecule has 3 atom stereocenters. The van der Waals surface area contributed by atoms with Gasteiger partial charge in [0.15, 0.2) is 11.9 Å². The van der Waals surface area contributed by atoms with E-state index in [1.807, 2.05) is 4.90 Å². The fourth-order valence-corrected chi connectivity index (χ4v) is 3.59. The van der Waals surface area contributed by atoms with Crippen LogP contribution in [0.4, 0.5) is 5.69 Å². The lowest BCUT2D eigenvalue weighted by Gasteiger charge is -2.26. The first kappa shape index (κ1) is 16.1. The van der Waals surface area contributed by atoms with Crippen molar-refractivity contribution in [3.05, 3.63) is 23.8 Å². The molecular weight excluding hydrogens is 318 g/mol. The smallest absolute Gasteiger partial charge is 0.265 e. The van der Waals surface area contributed by atoms with Crippen molar-refractivity contribution in [2.45, 2.75) is 13.0 Å². The summed E-state index contributed by atoms with van der Waals surface area (Å²) < 4.78 is 5.68. The van der Waals surface area contributed by atoms with E-state index in [2.05, 4.69) is 10.6 Å². The molecule has 2 N–H and O–H groups in total. The van der Waals surface area contributed by atoms with Crippen molar-refractivity contribution in [2.24, 2.45) is 11.8 Å². The molecule has 2 saturated heterocycles. The fraction of sp³-hybridized carbons (Fsp3) is 0.500.